The molecule has 0 aliphatic heterocycles. The second-order valence-corrected chi connectivity index (χ2v) is 5.54. The molecule has 0 aromatic carbocycles. The van der Waals surface area contributed by atoms with Crippen molar-refractivity contribution in [2.24, 2.45) is 0 Å². The predicted octanol–water partition coefficient (Wildman–Crippen LogP) is 1.21. The maximum Gasteiger partial charge on any atom is 0.202 e. The Bertz CT molecular complexity index is 166. The summed E-state index contributed by atoms with van der Waals surface area (Å²) >= 11 is 0. The molecule has 0 aromatic rings. The summed E-state index contributed by atoms with van der Waals surface area (Å²) in [5.41, 5.74) is 0. The van der Waals surface area contributed by atoms with E-state index in [9.17, 15) is 8.42 Å². The van der Waals surface area contributed by atoms with E-state index in [4.69, 9.17) is 0 Å². The van der Waals surface area contributed by atoms with Crippen molar-refractivity contribution in [2.45, 2.75) is 6.92 Å². The summed E-state index contributed by atoms with van der Waals surface area (Å²) < 4.78 is 20.6. The van der Waals surface area contributed by atoms with Gasteiger partial charge in [0.1, 0.15) is 0 Å². The average molecular weight is 152 g/mol. The maximum atomic E-state index is 10.3. The van der Waals surface area contributed by atoms with Crippen molar-refractivity contribution in [3.8, 4) is 0 Å². The van der Waals surface area contributed by atoms with Crippen LogP contribution in [-0.4, -0.2) is 14.7 Å². The van der Waals surface area contributed by atoms with Crippen molar-refractivity contribution in [2.75, 3.05) is 6.26 Å². The van der Waals surface area contributed by atoms with E-state index in [1.807, 2.05) is 0 Å². The van der Waals surface area contributed by atoms with Crippen LogP contribution in [0.2, 0.25) is 0 Å². The van der Waals surface area contributed by atoms with E-state index in [1.165, 1.54) is 11.7 Å². The van der Waals surface area contributed by atoms with E-state index in [0.717, 1.165) is 10.8 Å². The molecule has 0 atom stereocenters. The smallest absolute Gasteiger partial charge is 0.202 e. The third kappa shape index (κ3) is 6.04. The van der Waals surface area contributed by atoms with Crippen LogP contribution in [0.3, 0.4) is 0 Å². The Labute approximate surface area is 53.3 Å². The molecule has 0 radical (unpaired) electrons. The van der Waals surface area contributed by atoms with Gasteiger partial charge in [-0.15, -0.1) is 0 Å². The maximum absolute atomic E-state index is 10.3. The third-order valence-electron chi connectivity index (χ3n) is 0.366. The molecule has 0 N–H and O–H groups in total. The van der Waals surface area contributed by atoms with Gasteiger partial charge in [0.25, 0.3) is 0 Å². The largest absolute Gasteiger partial charge is 0.217 e. The molecule has 0 heterocycles. The Hall–Kier alpha value is 0.0400. The Morgan fingerprint density at radius 1 is 1.50 bits per heavy atom. The van der Waals surface area contributed by atoms with Crippen LogP contribution < -0.4 is 0 Å². The first-order valence-corrected chi connectivity index (χ1v) is 5.34. The zero-order valence-electron chi connectivity index (χ0n) is 4.79. The van der Waals surface area contributed by atoms with Crippen molar-refractivity contribution >= 4 is 19.7 Å². The van der Waals surface area contributed by atoms with Crippen LogP contribution >= 0.6 is 10.8 Å². The Kier molecular flexibility index (Phi) is 3.16. The molecule has 0 aliphatic rings. The minimum absolute atomic E-state index is 0.825. The summed E-state index contributed by atoms with van der Waals surface area (Å²) in [5, 5.41) is 1.54. The van der Waals surface area contributed by atoms with E-state index in [0.29, 0.717) is 0 Å². The van der Waals surface area contributed by atoms with Gasteiger partial charge in [-0.05, 0) is 23.1 Å². The first-order valence-electron chi connectivity index (χ1n) is 2.05. The highest BCUT2D eigenvalue weighted by Gasteiger charge is 1.95. The number of hydrogen-bond donors (Lipinski definition) is 0. The molecule has 0 bridgehead atoms. The fraction of sp³-hybridized carbons (Fsp3) is 0.500. The fourth-order valence-electron chi connectivity index (χ4n) is 0.156. The quantitative estimate of drug-likeness (QED) is 0.558. The molecule has 0 aromatic heterocycles. The Balaban J connectivity index is 3.76. The summed E-state index contributed by atoms with van der Waals surface area (Å²) in [6.45, 7) is 1.78. The van der Waals surface area contributed by atoms with E-state index in [-0.39, 0.29) is 0 Å². The molecule has 4 heteroatoms. The summed E-state index contributed by atoms with van der Waals surface area (Å²) in [4.78, 5) is 0. The van der Waals surface area contributed by atoms with Gasteiger partial charge >= 0.3 is 0 Å². The van der Waals surface area contributed by atoms with Crippen molar-refractivity contribution < 1.29 is 8.42 Å². The van der Waals surface area contributed by atoms with Gasteiger partial charge in [0, 0.05) is 6.26 Å². The molecular weight excluding hydrogens is 144 g/mol. The monoisotopic (exact) mass is 152 g/mol. The summed E-state index contributed by atoms with van der Waals surface area (Å²) in [7, 11) is -2.03. The highest BCUT2D eigenvalue weighted by molar-refractivity contribution is 8.73. The van der Waals surface area contributed by atoms with Crippen LogP contribution in [0.15, 0.2) is 11.5 Å². The van der Waals surface area contributed by atoms with Crippen molar-refractivity contribution in [3.05, 3.63) is 11.5 Å². The van der Waals surface area contributed by atoms with Crippen LogP contribution in [0.4, 0.5) is 0 Å². The molecule has 48 valence electrons. The lowest BCUT2D eigenvalue weighted by Crippen LogP contribution is -1.82. The Morgan fingerprint density at radius 3 is 2.12 bits per heavy atom. The minimum atomic E-state index is -2.86. The number of allylic oxidation sites excluding steroid dienone is 1. The predicted molar refractivity (Wildman–Crippen MR) is 37.2 cm³/mol. The number of rotatable bonds is 2. The van der Waals surface area contributed by atoms with Crippen LogP contribution in [-0.2, 0) is 8.87 Å². The zero-order chi connectivity index (χ0) is 6.62. The minimum Gasteiger partial charge on any atom is -0.217 e. The van der Waals surface area contributed by atoms with Gasteiger partial charge in [0.2, 0.25) is 8.87 Å². The van der Waals surface area contributed by atoms with Crippen LogP contribution in [0.25, 0.3) is 0 Å². The van der Waals surface area contributed by atoms with Crippen molar-refractivity contribution in [3.63, 3.8) is 0 Å². The van der Waals surface area contributed by atoms with Gasteiger partial charge in [-0.1, -0.05) is 6.08 Å². The lowest BCUT2D eigenvalue weighted by molar-refractivity contribution is 0.616. The summed E-state index contributed by atoms with van der Waals surface area (Å²) in [6.07, 6.45) is 2.86. The van der Waals surface area contributed by atoms with Crippen LogP contribution in [0.1, 0.15) is 6.92 Å². The summed E-state index contributed by atoms with van der Waals surface area (Å²) in [5.74, 6) is 0. The topological polar surface area (TPSA) is 34.1 Å². The van der Waals surface area contributed by atoms with Gasteiger partial charge in [-0.3, -0.25) is 0 Å². The normalized spacial score (nSPS) is 12.8. The fourth-order valence-corrected chi connectivity index (χ4v) is 1.41. The van der Waals surface area contributed by atoms with E-state index < -0.39 is 8.87 Å². The molecule has 2 nitrogen and oxygen atoms in total. The highest BCUT2D eigenvalue weighted by atomic mass is 33.1. The summed E-state index contributed by atoms with van der Waals surface area (Å²) in [6, 6.07) is 0. The highest BCUT2D eigenvalue weighted by Crippen LogP contribution is 2.09. The second-order valence-electron chi connectivity index (χ2n) is 1.27. The molecular formula is C4H8O2S2. The first-order chi connectivity index (χ1) is 3.56. The van der Waals surface area contributed by atoms with Gasteiger partial charge < -0.3 is 0 Å². The van der Waals surface area contributed by atoms with Crippen LogP contribution in [0, 0.1) is 0 Å². The molecule has 0 amide bonds. The zero-order valence-corrected chi connectivity index (χ0v) is 6.42. The van der Waals surface area contributed by atoms with E-state index in [2.05, 4.69) is 0 Å². The molecule has 8 heavy (non-hydrogen) atoms. The van der Waals surface area contributed by atoms with E-state index in [1.54, 1.807) is 13.0 Å². The average Bonchev–Trinajstić information content (AvgIpc) is 1.59. The molecule has 0 spiro atoms. The van der Waals surface area contributed by atoms with E-state index >= 15 is 0 Å². The molecule has 0 fully saturated rings. The van der Waals surface area contributed by atoms with Crippen molar-refractivity contribution in [1.82, 2.24) is 0 Å². The SMILES string of the molecule is CC=CSS(C)(=O)=O. The number of hydrogen-bond acceptors (Lipinski definition) is 3. The first kappa shape index (κ1) is 8.04. The molecule has 0 saturated heterocycles. The molecule has 0 rings (SSSR count). The molecule has 0 aliphatic carbocycles. The van der Waals surface area contributed by atoms with Crippen molar-refractivity contribution in [1.29, 1.82) is 0 Å². The second kappa shape index (κ2) is 3.14. The molecule has 0 unspecified atom stereocenters. The van der Waals surface area contributed by atoms with Crippen LogP contribution in [0.5, 0.6) is 0 Å². The van der Waals surface area contributed by atoms with Gasteiger partial charge in [0.05, 0.1) is 0 Å². The lowest BCUT2D eigenvalue weighted by atomic mass is 10.8. The standard InChI is InChI=1S/C4H8O2S2/c1-3-4-7-8(2,5)6/h3-4H,1-2H3. The third-order valence-corrected chi connectivity index (χ3v) is 2.48. The van der Waals surface area contributed by atoms with Gasteiger partial charge in [-0.2, -0.15) is 0 Å². The molecule has 0 saturated carbocycles. The lowest BCUT2D eigenvalue weighted by Gasteiger charge is -1.84. The Morgan fingerprint density at radius 2 is 2.00 bits per heavy atom. The van der Waals surface area contributed by atoms with Gasteiger partial charge in [-0.25, -0.2) is 8.42 Å². The van der Waals surface area contributed by atoms with Gasteiger partial charge in [0.15, 0.2) is 0 Å².